The molecule has 1 aliphatic rings. The molecule has 0 bridgehead atoms. The highest BCUT2D eigenvalue weighted by atomic mass is 35.5. The molecule has 0 radical (unpaired) electrons. The van der Waals surface area contributed by atoms with Gasteiger partial charge in [0.1, 0.15) is 13.2 Å². The molecule has 0 spiro atoms. The van der Waals surface area contributed by atoms with Crippen molar-refractivity contribution in [2.75, 3.05) is 18.6 Å². The van der Waals surface area contributed by atoms with E-state index in [1.807, 2.05) is 31.2 Å². The van der Waals surface area contributed by atoms with Crippen LogP contribution in [0.15, 0.2) is 41.5 Å². The lowest BCUT2D eigenvalue weighted by molar-refractivity contribution is 0.171. The third kappa shape index (κ3) is 3.29. The molecule has 1 heterocycles. The number of hydrazone groups is 1. The molecule has 1 aliphatic heterocycles. The SMILES string of the molecule is C/C(=N/Nc1ccc(Cl)c(Cl)c1)c1ccc2c(c1)OCCO2. The van der Waals surface area contributed by atoms with Crippen LogP contribution >= 0.6 is 23.2 Å². The van der Waals surface area contributed by atoms with E-state index in [1.165, 1.54) is 0 Å². The second-order valence-electron chi connectivity index (χ2n) is 4.80. The van der Waals surface area contributed by atoms with E-state index in [2.05, 4.69) is 10.5 Å². The Kier molecular flexibility index (Phi) is 4.41. The van der Waals surface area contributed by atoms with E-state index in [0.717, 1.165) is 28.5 Å². The maximum Gasteiger partial charge on any atom is 0.162 e. The van der Waals surface area contributed by atoms with Gasteiger partial charge in [0.2, 0.25) is 0 Å². The first-order valence-electron chi connectivity index (χ1n) is 6.79. The van der Waals surface area contributed by atoms with Gasteiger partial charge >= 0.3 is 0 Å². The summed E-state index contributed by atoms with van der Waals surface area (Å²) in [4.78, 5) is 0. The summed E-state index contributed by atoms with van der Waals surface area (Å²) in [6, 6.07) is 11.0. The zero-order valence-electron chi connectivity index (χ0n) is 11.9. The predicted molar refractivity (Wildman–Crippen MR) is 89.7 cm³/mol. The van der Waals surface area contributed by atoms with Gasteiger partial charge in [-0.1, -0.05) is 23.2 Å². The minimum Gasteiger partial charge on any atom is -0.486 e. The fraction of sp³-hybridized carbons (Fsp3) is 0.188. The molecule has 114 valence electrons. The summed E-state index contributed by atoms with van der Waals surface area (Å²) in [5.41, 5.74) is 5.51. The maximum atomic E-state index is 5.97. The number of nitrogens with zero attached hydrogens (tertiary/aromatic N) is 1. The van der Waals surface area contributed by atoms with Crippen LogP contribution in [0.1, 0.15) is 12.5 Å². The highest BCUT2D eigenvalue weighted by molar-refractivity contribution is 6.42. The summed E-state index contributed by atoms with van der Waals surface area (Å²) in [5, 5.41) is 5.35. The predicted octanol–water partition coefficient (Wildman–Crippen LogP) is 4.60. The zero-order valence-corrected chi connectivity index (χ0v) is 13.4. The van der Waals surface area contributed by atoms with Crippen molar-refractivity contribution in [1.29, 1.82) is 0 Å². The third-order valence-electron chi connectivity index (χ3n) is 3.23. The van der Waals surface area contributed by atoms with Gasteiger partial charge in [-0.25, -0.2) is 0 Å². The molecule has 0 fully saturated rings. The van der Waals surface area contributed by atoms with Crippen LogP contribution in [0.25, 0.3) is 0 Å². The van der Waals surface area contributed by atoms with Gasteiger partial charge < -0.3 is 9.47 Å². The van der Waals surface area contributed by atoms with Gasteiger partial charge in [0.05, 0.1) is 21.4 Å². The average molecular weight is 337 g/mol. The number of rotatable bonds is 3. The number of halogens is 2. The van der Waals surface area contributed by atoms with Crippen molar-refractivity contribution in [2.24, 2.45) is 5.10 Å². The summed E-state index contributed by atoms with van der Waals surface area (Å²) < 4.78 is 11.1. The van der Waals surface area contributed by atoms with Crippen LogP contribution in [0.5, 0.6) is 11.5 Å². The Bertz CT molecular complexity index is 732. The maximum absolute atomic E-state index is 5.97. The lowest BCUT2D eigenvalue weighted by Crippen LogP contribution is -2.15. The van der Waals surface area contributed by atoms with E-state index in [9.17, 15) is 0 Å². The monoisotopic (exact) mass is 336 g/mol. The normalized spacial score (nSPS) is 13.9. The van der Waals surface area contributed by atoms with Crippen molar-refractivity contribution < 1.29 is 9.47 Å². The van der Waals surface area contributed by atoms with Gasteiger partial charge in [0, 0.05) is 5.56 Å². The van der Waals surface area contributed by atoms with Crippen molar-refractivity contribution in [2.45, 2.75) is 6.92 Å². The Labute approximate surface area is 138 Å². The van der Waals surface area contributed by atoms with Crippen molar-refractivity contribution >= 4 is 34.6 Å². The standard InChI is InChI=1S/C16H14Cl2N2O2/c1-10(19-20-12-3-4-13(17)14(18)9-12)11-2-5-15-16(8-11)22-7-6-21-15/h2-5,8-9,20H,6-7H2,1H3/b19-10-. The van der Waals surface area contributed by atoms with Crippen molar-refractivity contribution in [3.8, 4) is 11.5 Å². The van der Waals surface area contributed by atoms with Gasteiger partial charge in [0.25, 0.3) is 0 Å². The number of hydrogen-bond acceptors (Lipinski definition) is 4. The van der Waals surface area contributed by atoms with Crippen LogP contribution in [0, 0.1) is 0 Å². The molecule has 0 unspecified atom stereocenters. The van der Waals surface area contributed by atoms with Crippen molar-refractivity contribution in [3.05, 3.63) is 52.0 Å². The highest BCUT2D eigenvalue weighted by Gasteiger charge is 2.12. The molecule has 6 heteroatoms. The number of nitrogens with one attached hydrogen (secondary N) is 1. The summed E-state index contributed by atoms with van der Waals surface area (Å²) in [6.07, 6.45) is 0. The van der Waals surface area contributed by atoms with Gasteiger partial charge in [-0.3, -0.25) is 5.43 Å². The van der Waals surface area contributed by atoms with Crippen LogP contribution in [0.4, 0.5) is 5.69 Å². The Morgan fingerprint density at radius 1 is 1.00 bits per heavy atom. The molecule has 2 aromatic rings. The zero-order chi connectivity index (χ0) is 15.5. The first-order valence-corrected chi connectivity index (χ1v) is 7.54. The third-order valence-corrected chi connectivity index (χ3v) is 3.97. The fourth-order valence-electron chi connectivity index (χ4n) is 2.05. The molecule has 0 saturated carbocycles. The van der Waals surface area contributed by atoms with Gasteiger partial charge in [0.15, 0.2) is 11.5 Å². The quantitative estimate of drug-likeness (QED) is 0.657. The molecule has 0 saturated heterocycles. The van der Waals surface area contributed by atoms with Crippen LogP contribution in [0.2, 0.25) is 10.0 Å². The first-order chi connectivity index (χ1) is 10.6. The van der Waals surface area contributed by atoms with Gasteiger partial charge in [-0.2, -0.15) is 5.10 Å². The molecule has 0 atom stereocenters. The minimum absolute atomic E-state index is 0.485. The molecular weight excluding hydrogens is 323 g/mol. The average Bonchev–Trinajstić information content (AvgIpc) is 2.55. The Morgan fingerprint density at radius 3 is 2.55 bits per heavy atom. The summed E-state index contributed by atoms with van der Waals surface area (Å²) in [7, 11) is 0. The number of hydrogen-bond donors (Lipinski definition) is 1. The smallest absolute Gasteiger partial charge is 0.162 e. The van der Waals surface area contributed by atoms with Crippen LogP contribution < -0.4 is 14.9 Å². The molecular formula is C16H14Cl2N2O2. The fourth-order valence-corrected chi connectivity index (χ4v) is 2.35. The Balaban J connectivity index is 1.77. The van der Waals surface area contributed by atoms with E-state index in [1.54, 1.807) is 12.1 Å². The van der Waals surface area contributed by atoms with Crippen molar-refractivity contribution in [3.63, 3.8) is 0 Å². The molecule has 2 aromatic carbocycles. The van der Waals surface area contributed by atoms with Crippen LogP contribution in [-0.4, -0.2) is 18.9 Å². The number of anilines is 1. The van der Waals surface area contributed by atoms with Crippen LogP contribution in [-0.2, 0) is 0 Å². The van der Waals surface area contributed by atoms with E-state index >= 15 is 0 Å². The van der Waals surface area contributed by atoms with Gasteiger partial charge in [-0.15, -0.1) is 0 Å². The van der Waals surface area contributed by atoms with E-state index in [0.29, 0.717) is 23.3 Å². The van der Waals surface area contributed by atoms with Crippen molar-refractivity contribution in [1.82, 2.24) is 0 Å². The molecule has 3 rings (SSSR count). The van der Waals surface area contributed by atoms with E-state index in [-0.39, 0.29) is 0 Å². The van der Waals surface area contributed by atoms with Crippen LogP contribution in [0.3, 0.4) is 0 Å². The first kappa shape index (κ1) is 15.0. The second-order valence-corrected chi connectivity index (χ2v) is 5.61. The number of ether oxygens (including phenoxy) is 2. The number of benzene rings is 2. The molecule has 0 aliphatic carbocycles. The summed E-state index contributed by atoms with van der Waals surface area (Å²) in [5.74, 6) is 1.51. The Morgan fingerprint density at radius 2 is 1.77 bits per heavy atom. The van der Waals surface area contributed by atoms with E-state index in [4.69, 9.17) is 32.7 Å². The van der Waals surface area contributed by atoms with Gasteiger partial charge in [-0.05, 0) is 43.3 Å². The molecule has 4 nitrogen and oxygen atoms in total. The number of fused-ring (bicyclic) bond motifs is 1. The Hall–Kier alpha value is -1.91. The second kappa shape index (κ2) is 6.46. The highest BCUT2D eigenvalue weighted by Crippen LogP contribution is 2.31. The minimum atomic E-state index is 0.485. The lowest BCUT2D eigenvalue weighted by atomic mass is 10.1. The lowest BCUT2D eigenvalue weighted by Gasteiger charge is -2.18. The molecule has 0 aromatic heterocycles. The molecule has 22 heavy (non-hydrogen) atoms. The summed E-state index contributed by atoms with van der Waals surface area (Å²) >= 11 is 11.9. The topological polar surface area (TPSA) is 42.9 Å². The summed E-state index contributed by atoms with van der Waals surface area (Å²) in [6.45, 7) is 3.06. The largest absolute Gasteiger partial charge is 0.486 e. The van der Waals surface area contributed by atoms with E-state index < -0.39 is 0 Å². The molecule has 1 N–H and O–H groups in total. The molecule has 0 amide bonds.